The van der Waals surface area contributed by atoms with E-state index in [2.05, 4.69) is 16.3 Å². The van der Waals surface area contributed by atoms with Crippen LogP contribution >= 0.6 is 0 Å². The van der Waals surface area contributed by atoms with Gasteiger partial charge in [0.05, 0.1) is 12.9 Å². The van der Waals surface area contributed by atoms with Crippen molar-refractivity contribution in [2.24, 2.45) is 0 Å². The van der Waals surface area contributed by atoms with E-state index in [-0.39, 0.29) is 5.75 Å². The molecular formula is C20H40O4S. The molecule has 0 bridgehead atoms. The zero-order chi connectivity index (χ0) is 18.6. The molecule has 0 aliphatic carbocycles. The Bertz CT molecular complexity index is 391. The van der Waals surface area contributed by atoms with Gasteiger partial charge >= 0.3 is 0 Å². The van der Waals surface area contributed by atoms with Gasteiger partial charge in [-0.15, -0.1) is 0 Å². The summed E-state index contributed by atoms with van der Waals surface area (Å²) in [6, 6.07) is 0. The average molecular weight is 377 g/mol. The molecule has 0 amide bonds. The Morgan fingerprint density at radius 2 is 1.08 bits per heavy atom. The lowest BCUT2D eigenvalue weighted by atomic mass is 10.1. The fraction of sp³-hybridized carbons (Fsp3) is 0.900. The first kappa shape index (κ1) is 24.6. The highest BCUT2D eigenvalue weighted by Crippen LogP contribution is 2.12. The molecule has 0 rings (SSSR count). The summed E-state index contributed by atoms with van der Waals surface area (Å²) in [4.78, 5) is 0. The van der Waals surface area contributed by atoms with Crippen LogP contribution in [0.1, 0.15) is 96.3 Å². The predicted octanol–water partition coefficient (Wildman–Crippen LogP) is 5.36. The minimum Gasteiger partial charge on any atom is -0.396 e. The summed E-state index contributed by atoms with van der Waals surface area (Å²) in [6.45, 7) is 0.322. The van der Waals surface area contributed by atoms with Crippen molar-refractivity contribution in [2.75, 3.05) is 19.5 Å². The molecule has 0 aromatic heterocycles. The number of unbranched alkanes of at least 4 members (excludes halogenated alkanes) is 13. The van der Waals surface area contributed by atoms with Crippen molar-refractivity contribution >= 4 is 10.1 Å². The molecule has 0 heterocycles. The molecule has 0 aromatic rings. The molecule has 25 heavy (non-hydrogen) atoms. The molecule has 0 aromatic carbocycles. The van der Waals surface area contributed by atoms with E-state index >= 15 is 0 Å². The Morgan fingerprint density at radius 1 is 0.680 bits per heavy atom. The van der Waals surface area contributed by atoms with Crippen LogP contribution in [0.5, 0.6) is 0 Å². The number of rotatable bonds is 19. The van der Waals surface area contributed by atoms with Crippen molar-refractivity contribution < 1.29 is 17.7 Å². The van der Waals surface area contributed by atoms with Crippen LogP contribution in [-0.2, 0) is 14.3 Å². The molecule has 0 aliphatic rings. The normalized spacial score (nSPS) is 12.2. The molecule has 0 saturated carbocycles. The number of aliphatic hydroxyl groups excluding tert-OH is 1. The zero-order valence-corrected chi connectivity index (χ0v) is 17.1. The fourth-order valence-electron chi connectivity index (χ4n) is 2.83. The van der Waals surface area contributed by atoms with Crippen molar-refractivity contribution in [3.05, 3.63) is 12.2 Å². The summed E-state index contributed by atoms with van der Waals surface area (Å²) in [7, 11) is -2.03. The van der Waals surface area contributed by atoms with Gasteiger partial charge in [0.1, 0.15) is 0 Å². The third-order valence-corrected chi connectivity index (χ3v) is 5.76. The molecule has 4 nitrogen and oxygen atoms in total. The highest BCUT2D eigenvalue weighted by molar-refractivity contribution is 7.86. The van der Waals surface area contributed by atoms with Crippen LogP contribution in [0.2, 0.25) is 0 Å². The standard InChI is InChI=1S/C20H40O4S/c1-24-25(22,23)20-18-16-14-12-10-8-6-4-2-3-5-7-9-11-13-15-17-19-21/h7,9,21H,2-6,8,10-20H2,1H3. The van der Waals surface area contributed by atoms with E-state index in [1.807, 2.05) is 0 Å². The number of hydrogen-bond acceptors (Lipinski definition) is 4. The Labute approximate surface area is 156 Å². The van der Waals surface area contributed by atoms with Crippen LogP contribution in [0.4, 0.5) is 0 Å². The summed E-state index contributed by atoms with van der Waals surface area (Å²) in [5, 5.41) is 8.68. The van der Waals surface area contributed by atoms with Crippen LogP contribution in [-0.4, -0.2) is 33.0 Å². The molecule has 0 spiro atoms. The van der Waals surface area contributed by atoms with Crippen LogP contribution in [0, 0.1) is 0 Å². The van der Waals surface area contributed by atoms with Crippen molar-refractivity contribution in [2.45, 2.75) is 96.3 Å². The van der Waals surface area contributed by atoms with E-state index in [4.69, 9.17) is 5.11 Å². The molecule has 150 valence electrons. The van der Waals surface area contributed by atoms with Gasteiger partial charge in [0, 0.05) is 6.61 Å². The van der Waals surface area contributed by atoms with E-state index < -0.39 is 10.1 Å². The number of hydrogen-bond donors (Lipinski definition) is 1. The van der Waals surface area contributed by atoms with Crippen LogP contribution in [0.15, 0.2) is 12.2 Å². The Hall–Kier alpha value is -0.390. The third-order valence-electron chi connectivity index (χ3n) is 4.46. The molecule has 0 aliphatic heterocycles. The van der Waals surface area contributed by atoms with E-state index in [1.165, 1.54) is 64.9 Å². The monoisotopic (exact) mass is 376 g/mol. The maximum atomic E-state index is 11.1. The van der Waals surface area contributed by atoms with Gasteiger partial charge in [0.2, 0.25) is 0 Å². The third kappa shape index (κ3) is 19.8. The summed E-state index contributed by atoms with van der Waals surface area (Å²) in [6.07, 6.45) is 22.1. The van der Waals surface area contributed by atoms with Crippen LogP contribution in [0.25, 0.3) is 0 Å². The van der Waals surface area contributed by atoms with E-state index in [0.717, 1.165) is 32.1 Å². The molecular weight excluding hydrogens is 336 g/mol. The molecule has 0 radical (unpaired) electrons. The van der Waals surface area contributed by atoms with E-state index in [1.54, 1.807) is 0 Å². The highest BCUT2D eigenvalue weighted by Gasteiger charge is 2.06. The maximum Gasteiger partial charge on any atom is 0.267 e. The van der Waals surface area contributed by atoms with Gasteiger partial charge in [-0.25, -0.2) is 0 Å². The van der Waals surface area contributed by atoms with Gasteiger partial charge < -0.3 is 5.11 Å². The molecule has 0 atom stereocenters. The highest BCUT2D eigenvalue weighted by atomic mass is 32.2. The zero-order valence-electron chi connectivity index (χ0n) is 16.3. The quantitative estimate of drug-likeness (QED) is 0.187. The topological polar surface area (TPSA) is 63.6 Å². The second kappa shape index (κ2) is 18.4. The first-order valence-corrected chi connectivity index (χ1v) is 11.7. The minimum atomic E-state index is -3.26. The summed E-state index contributed by atoms with van der Waals surface area (Å²) in [5.74, 6) is 0.153. The van der Waals surface area contributed by atoms with Crippen molar-refractivity contribution in [1.82, 2.24) is 0 Å². The summed E-state index contributed by atoms with van der Waals surface area (Å²) >= 11 is 0. The fourth-order valence-corrected chi connectivity index (χ4v) is 3.55. The van der Waals surface area contributed by atoms with Gasteiger partial charge in [-0.3, -0.25) is 4.18 Å². The van der Waals surface area contributed by atoms with Crippen LogP contribution < -0.4 is 0 Å². The molecule has 1 N–H and O–H groups in total. The minimum absolute atomic E-state index is 0.153. The second-order valence-corrected chi connectivity index (χ2v) is 8.65. The lowest BCUT2D eigenvalue weighted by Gasteiger charge is -2.03. The van der Waals surface area contributed by atoms with Gasteiger partial charge in [-0.05, 0) is 38.5 Å². The lowest BCUT2D eigenvalue weighted by Crippen LogP contribution is -2.07. The number of allylic oxidation sites excluding steroid dienone is 2. The predicted molar refractivity (Wildman–Crippen MR) is 106 cm³/mol. The Kier molecular flexibility index (Phi) is 18.1. The van der Waals surface area contributed by atoms with E-state index in [9.17, 15) is 8.42 Å². The molecule has 0 unspecified atom stereocenters. The summed E-state index contributed by atoms with van der Waals surface area (Å²) < 4.78 is 26.7. The van der Waals surface area contributed by atoms with Crippen LogP contribution in [0.3, 0.4) is 0 Å². The SMILES string of the molecule is COS(=O)(=O)CCCCCCCCCCCCC=CCCCCCO. The summed E-state index contributed by atoms with van der Waals surface area (Å²) in [5.41, 5.74) is 0. The molecule has 0 saturated heterocycles. The first-order chi connectivity index (χ1) is 12.1. The van der Waals surface area contributed by atoms with Gasteiger partial charge in [0.25, 0.3) is 10.1 Å². The molecule has 5 heteroatoms. The average Bonchev–Trinajstić information content (AvgIpc) is 2.60. The van der Waals surface area contributed by atoms with Crippen molar-refractivity contribution in [3.8, 4) is 0 Å². The smallest absolute Gasteiger partial charge is 0.267 e. The first-order valence-electron chi connectivity index (χ1n) is 10.2. The van der Waals surface area contributed by atoms with Crippen molar-refractivity contribution in [1.29, 1.82) is 0 Å². The second-order valence-electron chi connectivity index (χ2n) is 6.80. The Morgan fingerprint density at radius 3 is 1.52 bits per heavy atom. The van der Waals surface area contributed by atoms with Gasteiger partial charge in [-0.2, -0.15) is 8.42 Å². The van der Waals surface area contributed by atoms with E-state index in [0.29, 0.717) is 13.0 Å². The van der Waals surface area contributed by atoms with Crippen molar-refractivity contribution in [3.63, 3.8) is 0 Å². The number of aliphatic hydroxyl groups is 1. The molecule has 0 fully saturated rings. The maximum absolute atomic E-state index is 11.1. The Balaban J connectivity index is 3.15. The largest absolute Gasteiger partial charge is 0.396 e. The van der Waals surface area contributed by atoms with Gasteiger partial charge in [-0.1, -0.05) is 69.9 Å². The lowest BCUT2D eigenvalue weighted by molar-refractivity contribution is 0.283. The van der Waals surface area contributed by atoms with Gasteiger partial charge in [0.15, 0.2) is 0 Å².